The van der Waals surface area contributed by atoms with Crippen LogP contribution in [0.3, 0.4) is 0 Å². The summed E-state index contributed by atoms with van der Waals surface area (Å²) in [4.78, 5) is 28.1. The van der Waals surface area contributed by atoms with Crippen molar-refractivity contribution in [1.82, 2.24) is 14.7 Å². The molecular formula is C31H27FN4O2. The maximum Gasteiger partial charge on any atom is 0.254 e. The second-order valence-corrected chi connectivity index (χ2v) is 9.01. The van der Waals surface area contributed by atoms with Gasteiger partial charge in [0.15, 0.2) is 0 Å². The van der Waals surface area contributed by atoms with Crippen LogP contribution in [0.5, 0.6) is 0 Å². The van der Waals surface area contributed by atoms with Gasteiger partial charge < -0.3 is 10.2 Å². The van der Waals surface area contributed by atoms with E-state index in [1.165, 1.54) is 12.1 Å². The van der Waals surface area contributed by atoms with Crippen LogP contribution in [0, 0.1) is 5.82 Å². The van der Waals surface area contributed by atoms with E-state index in [0.29, 0.717) is 35.7 Å². The number of benzene rings is 4. The minimum atomic E-state index is -0.364. The van der Waals surface area contributed by atoms with Gasteiger partial charge in [0, 0.05) is 23.7 Å². The van der Waals surface area contributed by atoms with Gasteiger partial charge in [-0.15, -0.1) is 0 Å². The number of amides is 2. The number of rotatable bonds is 8. The molecule has 190 valence electrons. The molecule has 0 bridgehead atoms. The Labute approximate surface area is 220 Å². The molecule has 6 nitrogen and oxygen atoms in total. The summed E-state index contributed by atoms with van der Waals surface area (Å²) in [7, 11) is 0. The Morgan fingerprint density at radius 3 is 2.32 bits per heavy atom. The zero-order chi connectivity index (χ0) is 26.5. The minimum absolute atomic E-state index is 0.116. The third-order valence-electron chi connectivity index (χ3n) is 6.23. The van der Waals surface area contributed by atoms with Crippen molar-refractivity contribution in [3.05, 3.63) is 115 Å². The number of fused-ring (bicyclic) bond motifs is 1. The summed E-state index contributed by atoms with van der Waals surface area (Å²) in [5.41, 5.74) is 2.67. The number of aromatic nitrogens is 2. The average molecular weight is 507 g/mol. The molecule has 1 aromatic heterocycles. The number of nitrogens with one attached hydrogen (secondary N) is 1. The molecule has 0 atom stereocenters. The molecule has 0 aliphatic heterocycles. The number of carbonyl (C=O) groups excluding carboxylic acids is 2. The van der Waals surface area contributed by atoms with E-state index in [4.69, 9.17) is 0 Å². The average Bonchev–Trinajstić information content (AvgIpc) is 3.36. The lowest BCUT2D eigenvalue weighted by Crippen LogP contribution is -2.38. The molecule has 0 radical (unpaired) electrons. The Hall–Kier alpha value is -4.78. The Bertz CT molecular complexity index is 1580. The van der Waals surface area contributed by atoms with Gasteiger partial charge >= 0.3 is 0 Å². The van der Waals surface area contributed by atoms with Crippen LogP contribution in [0.1, 0.15) is 23.7 Å². The van der Waals surface area contributed by atoms with Gasteiger partial charge in [-0.3, -0.25) is 9.59 Å². The lowest BCUT2D eigenvalue weighted by molar-refractivity contribution is -0.116. The van der Waals surface area contributed by atoms with Gasteiger partial charge in [-0.1, -0.05) is 67.6 Å². The van der Waals surface area contributed by atoms with Gasteiger partial charge in [0.1, 0.15) is 18.2 Å². The zero-order valence-electron chi connectivity index (χ0n) is 21.0. The molecule has 0 spiro atoms. The van der Waals surface area contributed by atoms with Gasteiger partial charge in [0.2, 0.25) is 5.91 Å². The Morgan fingerprint density at radius 1 is 0.868 bits per heavy atom. The monoisotopic (exact) mass is 506 g/mol. The lowest BCUT2D eigenvalue weighted by Gasteiger charge is -2.22. The third-order valence-corrected chi connectivity index (χ3v) is 6.23. The molecule has 38 heavy (non-hydrogen) atoms. The van der Waals surface area contributed by atoms with E-state index in [2.05, 4.69) is 10.4 Å². The highest BCUT2D eigenvalue weighted by Gasteiger charge is 2.20. The van der Waals surface area contributed by atoms with Crippen LogP contribution in [-0.4, -0.2) is 39.6 Å². The van der Waals surface area contributed by atoms with Gasteiger partial charge in [0.25, 0.3) is 5.91 Å². The Kier molecular flexibility index (Phi) is 7.26. The van der Waals surface area contributed by atoms with E-state index < -0.39 is 0 Å². The molecule has 1 heterocycles. The van der Waals surface area contributed by atoms with Crippen LogP contribution in [-0.2, 0) is 4.79 Å². The highest BCUT2D eigenvalue weighted by molar-refractivity contribution is 6.01. The molecule has 5 rings (SSSR count). The highest BCUT2D eigenvalue weighted by Crippen LogP contribution is 2.25. The highest BCUT2D eigenvalue weighted by atomic mass is 19.1. The summed E-state index contributed by atoms with van der Waals surface area (Å²) < 4.78 is 15.1. The molecule has 0 aliphatic rings. The fourth-order valence-electron chi connectivity index (χ4n) is 4.38. The van der Waals surface area contributed by atoms with Crippen LogP contribution >= 0.6 is 0 Å². The smallest absolute Gasteiger partial charge is 0.254 e. The fraction of sp³-hybridized carbons (Fsp3) is 0.129. The van der Waals surface area contributed by atoms with Gasteiger partial charge in [-0.25, -0.2) is 9.07 Å². The predicted molar refractivity (Wildman–Crippen MR) is 148 cm³/mol. The summed E-state index contributed by atoms with van der Waals surface area (Å²) >= 11 is 0. The molecule has 0 aliphatic carbocycles. The number of halogens is 1. The van der Waals surface area contributed by atoms with Crippen molar-refractivity contribution < 1.29 is 14.0 Å². The van der Waals surface area contributed by atoms with Crippen molar-refractivity contribution in [2.24, 2.45) is 0 Å². The first-order chi connectivity index (χ1) is 18.5. The molecule has 5 aromatic rings. The van der Waals surface area contributed by atoms with Crippen molar-refractivity contribution in [1.29, 1.82) is 0 Å². The molecule has 0 saturated heterocycles. The second-order valence-electron chi connectivity index (χ2n) is 9.01. The minimum Gasteiger partial charge on any atom is -0.329 e. The molecule has 2 amide bonds. The van der Waals surface area contributed by atoms with Crippen LogP contribution in [0.15, 0.2) is 103 Å². The van der Waals surface area contributed by atoms with Crippen molar-refractivity contribution in [2.45, 2.75) is 13.3 Å². The summed E-state index contributed by atoms with van der Waals surface area (Å²) in [6.07, 6.45) is 0.707. The second kappa shape index (κ2) is 11.1. The van der Waals surface area contributed by atoms with E-state index in [1.54, 1.807) is 33.8 Å². The lowest BCUT2D eigenvalue weighted by atomic mass is 10.1. The zero-order valence-corrected chi connectivity index (χ0v) is 21.0. The van der Waals surface area contributed by atoms with Crippen LogP contribution < -0.4 is 5.32 Å². The van der Waals surface area contributed by atoms with E-state index in [1.807, 2.05) is 73.7 Å². The molecule has 0 unspecified atom stereocenters. The third kappa shape index (κ3) is 5.47. The van der Waals surface area contributed by atoms with Crippen molar-refractivity contribution in [3.8, 4) is 16.9 Å². The van der Waals surface area contributed by atoms with Gasteiger partial charge in [-0.2, -0.15) is 5.10 Å². The summed E-state index contributed by atoms with van der Waals surface area (Å²) in [5.74, 6) is -0.493. The summed E-state index contributed by atoms with van der Waals surface area (Å²) in [5, 5.41) is 9.59. The number of anilines is 1. The quantitative estimate of drug-likeness (QED) is 0.268. The van der Waals surface area contributed by atoms with Crippen LogP contribution in [0.2, 0.25) is 0 Å². The maximum atomic E-state index is 13.6. The SMILES string of the molecule is CCCN(CC(=O)Nc1cc(-c2ccccc2)nn1-c1ccc(F)cc1)C(=O)c1ccc2ccccc2c1. The number of nitrogens with zero attached hydrogens (tertiary/aromatic N) is 3. The van der Waals surface area contributed by atoms with Crippen molar-refractivity contribution in [2.75, 3.05) is 18.4 Å². The van der Waals surface area contributed by atoms with E-state index >= 15 is 0 Å². The van der Waals surface area contributed by atoms with Crippen molar-refractivity contribution >= 4 is 28.4 Å². The standard InChI is InChI=1S/C31H27FN4O2/c1-2-18-35(31(38)25-13-12-22-8-6-7-11-24(22)19-25)21-30(37)33-29-20-28(23-9-4-3-5-10-23)34-36(29)27-16-14-26(32)15-17-27/h3-17,19-20H,2,18,21H2,1H3,(H,33,37). The molecular weight excluding hydrogens is 479 g/mol. The van der Waals surface area contributed by atoms with E-state index in [0.717, 1.165) is 16.3 Å². The first-order valence-electron chi connectivity index (χ1n) is 12.5. The number of hydrogen-bond donors (Lipinski definition) is 1. The summed E-state index contributed by atoms with van der Waals surface area (Å²) in [6.45, 7) is 2.29. The van der Waals surface area contributed by atoms with E-state index in [9.17, 15) is 14.0 Å². The first kappa shape index (κ1) is 24.9. The number of carbonyl (C=O) groups is 2. The summed E-state index contributed by atoms with van der Waals surface area (Å²) in [6, 6.07) is 30.6. The van der Waals surface area contributed by atoms with E-state index in [-0.39, 0.29) is 24.2 Å². The topological polar surface area (TPSA) is 67.2 Å². The first-order valence-corrected chi connectivity index (χ1v) is 12.5. The molecule has 4 aromatic carbocycles. The molecule has 1 N–H and O–H groups in total. The molecule has 7 heteroatoms. The number of hydrogen-bond acceptors (Lipinski definition) is 3. The Morgan fingerprint density at radius 2 is 1.58 bits per heavy atom. The maximum absolute atomic E-state index is 13.6. The van der Waals surface area contributed by atoms with Crippen LogP contribution in [0.4, 0.5) is 10.2 Å². The molecule has 0 fully saturated rings. The largest absolute Gasteiger partial charge is 0.329 e. The van der Waals surface area contributed by atoms with Gasteiger partial charge in [-0.05, 0) is 53.6 Å². The normalized spacial score (nSPS) is 10.9. The Balaban J connectivity index is 1.40. The molecule has 0 saturated carbocycles. The van der Waals surface area contributed by atoms with Gasteiger partial charge in [0.05, 0.1) is 11.4 Å². The van der Waals surface area contributed by atoms with Crippen LogP contribution in [0.25, 0.3) is 27.7 Å². The predicted octanol–water partition coefficient (Wildman–Crippen LogP) is 6.32. The fourth-order valence-corrected chi connectivity index (χ4v) is 4.38. The van der Waals surface area contributed by atoms with Crippen molar-refractivity contribution in [3.63, 3.8) is 0 Å².